The van der Waals surface area contributed by atoms with Crippen molar-refractivity contribution in [3.05, 3.63) is 0 Å². The molecule has 9 nitrogen and oxygen atoms in total. The largest absolute Gasteiger partial charge is 0.376 e. The number of carbonyl (C=O) groups excluding carboxylic acids is 1. The zero-order valence-corrected chi connectivity index (χ0v) is 27.2. The van der Waals surface area contributed by atoms with Crippen molar-refractivity contribution in [1.82, 2.24) is 26.2 Å². The van der Waals surface area contributed by atoms with E-state index in [1.54, 1.807) is 0 Å². The number of hydrogen-bond acceptors (Lipinski definition) is 8. The van der Waals surface area contributed by atoms with E-state index in [2.05, 4.69) is 39.2 Å². The van der Waals surface area contributed by atoms with Gasteiger partial charge in [0.05, 0.1) is 42.2 Å². The minimum atomic E-state index is -0.127. The van der Waals surface area contributed by atoms with E-state index in [4.69, 9.17) is 21.1 Å². The molecule has 1 amide bonds. The minimum Gasteiger partial charge on any atom is -0.376 e. The Bertz CT molecular complexity index is 874. The molecule has 4 fully saturated rings. The van der Waals surface area contributed by atoms with E-state index in [0.29, 0.717) is 31.5 Å². The third-order valence-corrected chi connectivity index (χ3v) is 10.7. The van der Waals surface area contributed by atoms with E-state index in [1.807, 2.05) is 21.0 Å². The standard InChI is InChI=1S/C32H57ClN6O3/c1-5-21-9-7-13-35-28(21)20-42-29-12-11-23(15-25(29)33)37-32-22(18-34)19-36-26-17-30(41-6-2)27(16-24(26)32)38-31(40)10-8-14-39(3)4/h21-30,32,35-37H,5-17,19-20H2,1-4H3,(H,38,40). The second-order valence-electron chi connectivity index (χ2n) is 13.4. The van der Waals surface area contributed by atoms with Crippen LogP contribution >= 0.6 is 11.6 Å². The van der Waals surface area contributed by atoms with E-state index in [1.165, 1.54) is 19.3 Å². The molecule has 0 spiro atoms. The number of halogens is 1. The molecule has 0 aromatic rings. The van der Waals surface area contributed by atoms with Crippen molar-refractivity contribution < 1.29 is 14.3 Å². The molecule has 4 rings (SSSR count). The maximum Gasteiger partial charge on any atom is 0.220 e. The lowest BCUT2D eigenvalue weighted by molar-refractivity contribution is -0.124. The lowest BCUT2D eigenvalue weighted by atomic mass is 9.69. The topological polar surface area (TPSA) is 111 Å². The Hall–Kier alpha value is -0.990. The number of nitriles is 1. The summed E-state index contributed by atoms with van der Waals surface area (Å²) < 4.78 is 12.6. The fourth-order valence-corrected chi connectivity index (χ4v) is 8.33. The molecule has 42 heavy (non-hydrogen) atoms. The van der Waals surface area contributed by atoms with Crippen LogP contribution in [0.4, 0.5) is 0 Å². The number of fused-ring (bicyclic) bond motifs is 1. The van der Waals surface area contributed by atoms with Gasteiger partial charge in [-0.3, -0.25) is 4.79 Å². The summed E-state index contributed by atoms with van der Waals surface area (Å²) in [6.07, 6.45) is 9.53. The van der Waals surface area contributed by atoms with Gasteiger partial charge in [-0.2, -0.15) is 5.26 Å². The second kappa shape index (κ2) is 16.9. The number of nitrogens with zero attached hydrogens (tertiary/aromatic N) is 2. The van der Waals surface area contributed by atoms with E-state index in [0.717, 1.165) is 58.2 Å². The molecule has 0 bridgehead atoms. The molecule has 11 unspecified atom stereocenters. The summed E-state index contributed by atoms with van der Waals surface area (Å²) in [5.41, 5.74) is 0. The van der Waals surface area contributed by atoms with Crippen molar-refractivity contribution in [2.45, 2.75) is 126 Å². The molecule has 2 saturated carbocycles. The van der Waals surface area contributed by atoms with Crippen LogP contribution in [0.1, 0.15) is 78.1 Å². The zero-order chi connectivity index (χ0) is 30.1. The van der Waals surface area contributed by atoms with Gasteiger partial charge < -0.3 is 35.6 Å². The highest BCUT2D eigenvalue weighted by molar-refractivity contribution is 6.21. The molecule has 0 radical (unpaired) electrons. The highest BCUT2D eigenvalue weighted by Crippen LogP contribution is 2.37. The first kappa shape index (κ1) is 33.9. The summed E-state index contributed by atoms with van der Waals surface area (Å²) in [6.45, 7) is 8.30. The van der Waals surface area contributed by atoms with Crippen molar-refractivity contribution >= 4 is 17.5 Å². The van der Waals surface area contributed by atoms with Crippen molar-refractivity contribution in [3.63, 3.8) is 0 Å². The lowest BCUT2D eigenvalue weighted by Crippen LogP contribution is -2.66. The number of ether oxygens (including phenoxy) is 2. The molecule has 2 saturated heterocycles. The van der Waals surface area contributed by atoms with Gasteiger partial charge in [0, 0.05) is 43.7 Å². The van der Waals surface area contributed by atoms with Gasteiger partial charge in [0.1, 0.15) is 0 Å². The Morgan fingerprint density at radius 2 is 1.93 bits per heavy atom. The molecular formula is C32H57ClN6O3. The molecule has 4 N–H and O–H groups in total. The minimum absolute atomic E-state index is 0.0217. The van der Waals surface area contributed by atoms with Crippen LogP contribution in [-0.4, -0.2) is 106 Å². The van der Waals surface area contributed by atoms with Gasteiger partial charge >= 0.3 is 0 Å². The molecule has 0 aromatic heterocycles. The lowest BCUT2D eigenvalue weighted by Gasteiger charge is -2.50. The molecule has 240 valence electrons. The van der Waals surface area contributed by atoms with Gasteiger partial charge in [-0.15, -0.1) is 11.6 Å². The van der Waals surface area contributed by atoms with Gasteiger partial charge in [-0.05, 0) is 97.3 Å². The Labute approximate surface area is 259 Å². The fourth-order valence-electron chi connectivity index (χ4n) is 7.91. The molecule has 2 aliphatic carbocycles. The molecule has 11 atom stereocenters. The fraction of sp³-hybridized carbons (Fsp3) is 0.938. The zero-order valence-electron chi connectivity index (χ0n) is 26.5. The van der Waals surface area contributed by atoms with Crippen molar-refractivity contribution in [2.24, 2.45) is 17.8 Å². The SMILES string of the molecule is CCOC1CC2NCC(C#N)C(NC3CCC(OCC4NCCCC4CC)C(Cl)C3)C2CC1NC(=O)CCCN(C)C. The monoisotopic (exact) mass is 608 g/mol. The maximum atomic E-state index is 12.9. The third kappa shape index (κ3) is 9.26. The van der Waals surface area contributed by atoms with Gasteiger partial charge in [0.15, 0.2) is 0 Å². The predicted octanol–water partition coefficient (Wildman–Crippen LogP) is 3.02. The van der Waals surface area contributed by atoms with Crippen LogP contribution in [0.3, 0.4) is 0 Å². The second-order valence-corrected chi connectivity index (χ2v) is 14.0. The van der Waals surface area contributed by atoms with Crippen LogP contribution in [0.25, 0.3) is 0 Å². The first-order valence-electron chi connectivity index (χ1n) is 16.8. The van der Waals surface area contributed by atoms with E-state index >= 15 is 0 Å². The Balaban J connectivity index is 1.34. The van der Waals surface area contributed by atoms with Crippen LogP contribution in [0.15, 0.2) is 0 Å². The number of alkyl halides is 1. The molecule has 4 aliphatic rings. The number of piperidine rings is 2. The smallest absolute Gasteiger partial charge is 0.220 e. The first-order valence-corrected chi connectivity index (χ1v) is 17.2. The predicted molar refractivity (Wildman–Crippen MR) is 167 cm³/mol. The highest BCUT2D eigenvalue weighted by atomic mass is 35.5. The van der Waals surface area contributed by atoms with Crippen LogP contribution in [0.2, 0.25) is 0 Å². The highest BCUT2D eigenvalue weighted by Gasteiger charge is 2.47. The number of nitrogens with one attached hydrogen (secondary N) is 4. The quantitative estimate of drug-likeness (QED) is 0.236. The molecule has 0 aromatic carbocycles. The average molecular weight is 609 g/mol. The van der Waals surface area contributed by atoms with Crippen molar-refractivity contribution in [2.75, 3.05) is 46.9 Å². The van der Waals surface area contributed by atoms with Gasteiger partial charge in [0.25, 0.3) is 0 Å². The van der Waals surface area contributed by atoms with E-state index in [9.17, 15) is 10.1 Å². The van der Waals surface area contributed by atoms with Crippen LogP contribution in [-0.2, 0) is 14.3 Å². The summed E-state index contributed by atoms with van der Waals surface area (Å²) in [5, 5.41) is 24.6. The number of carbonyl (C=O) groups is 1. The van der Waals surface area contributed by atoms with Gasteiger partial charge in [0.2, 0.25) is 5.91 Å². The first-order chi connectivity index (χ1) is 20.3. The van der Waals surface area contributed by atoms with Gasteiger partial charge in [-0.1, -0.05) is 13.3 Å². The van der Waals surface area contributed by atoms with Crippen molar-refractivity contribution in [1.29, 1.82) is 5.26 Å². The molecular weight excluding hydrogens is 552 g/mol. The number of hydrogen-bond donors (Lipinski definition) is 4. The molecule has 10 heteroatoms. The summed E-state index contributed by atoms with van der Waals surface area (Å²) in [7, 11) is 4.06. The molecule has 2 heterocycles. The number of rotatable bonds is 13. The van der Waals surface area contributed by atoms with E-state index in [-0.39, 0.29) is 59.5 Å². The van der Waals surface area contributed by atoms with Crippen LogP contribution < -0.4 is 21.3 Å². The van der Waals surface area contributed by atoms with E-state index < -0.39 is 0 Å². The Kier molecular flexibility index (Phi) is 13.6. The Morgan fingerprint density at radius 1 is 1.10 bits per heavy atom. The normalized spacial score (nSPS) is 38.9. The van der Waals surface area contributed by atoms with Crippen molar-refractivity contribution in [3.8, 4) is 6.07 Å². The van der Waals surface area contributed by atoms with Crippen LogP contribution in [0, 0.1) is 29.1 Å². The summed E-state index contributed by atoms with van der Waals surface area (Å²) in [4.78, 5) is 15.0. The van der Waals surface area contributed by atoms with Gasteiger partial charge in [-0.25, -0.2) is 0 Å². The maximum absolute atomic E-state index is 12.9. The summed E-state index contributed by atoms with van der Waals surface area (Å²) in [5.74, 6) is 0.883. The average Bonchev–Trinajstić information content (AvgIpc) is 2.97. The Morgan fingerprint density at radius 3 is 2.64 bits per heavy atom. The summed E-state index contributed by atoms with van der Waals surface area (Å²) >= 11 is 6.96. The third-order valence-electron chi connectivity index (χ3n) is 10.3. The van der Waals surface area contributed by atoms with Crippen LogP contribution in [0.5, 0.6) is 0 Å². The number of amides is 1. The molecule has 2 aliphatic heterocycles. The summed E-state index contributed by atoms with van der Waals surface area (Å²) in [6, 6.07) is 3.53.